The van der Waals surface area contributed by atoms with Gasteiger partial charge in [0.05, 0.1) is 27.7 Å². The predicted molar refractivity (Wildman–Crippen MR) is 249 cm³/mol. The molecule has 0 saturated heterocycles. The topological polar surface area (TPSA) is 111 Å². The van der Waals surface area contributed by atoms with Gasteiger partial charge in [-0.1, -0.05) is 143 Å². The van der Waals surface area contributed by atoms with Gasteiger partial charge in [-0.25, -0.2) is 0 Å². The van der Waals surface area contributed by atoms with Crippen LogP contribution in [-0.4, -0.2) is 70.0 Å². The Bertz CT molecular complexity index is 1340. The summed E-state index contributed by atoms with van der Waals surface area (Å²) in [6.45, 7) is 3.99. The van der Waals surface area contributed by atoms with Crippen LogP contribution in [0, 0.1) is 0 Å². The number of phosphoric ester groups is 1. The van der Waals surface area contributed by atoms with Gasteiger partial charge in [0, 0.05) is 12.8 Å². The zero-order valence-electron chi connectivity index (χ0n) is 38.4. The Labute approximate surface area is 366 Å². The molecule has 10 heteroatoms. The van der Waals surface area contributed by atoms with Crippen molar-refractivity contribution in [3.05, 3.63) is 97.2 Å². The van der Waals surface area contributed by atoms with Crippen molar-refractivity contribution in [2.45, 2.75) is 161 Å². The van der Waals surface area contributed by atoms with Crippen LogP contribution in [0.2, 0.25) is 0 Å². The number of likely N-dealkylation sites (N-methyl/N-ethyl adjacent to an activating group) is 1. The van der Waals surface area contributed by atoms with Crippen LogP contribution in [0.5, 0.6) is 0 Å². The number of unbranched alkanes of at least 4 members (excludes halogenated alkanes) is 10. The van der Waals surface area contributed by atoms with Crippen LogP contribution >= 0.6 is 7.82 Å². The Morgan fingerprint density at radius 3 is 1.42 bits per heavy atom. The Kier molecular flexibility index (Phi) is 39.2. The summed E-state index contributed by atoms with van der Waals surface area (Å²) in [5.74, 6) is -0.908. The standard InChI is InChI=1S/C50H84NO8P/c1-6-8-10-12-14-16-18-20-22-24-25-27-29-31-33-35-37-39-41-43-50(53)59-48(47-58-60(54,55)57-45-44-51(3,4)5)46-56-49(52)42-40-38-36-34-32-30-28-26-23-21-19-17-15-13-11-9-7-2/h8,10,14-17,20-23,25,27-28,30-31,33,48H,6-7,9,11-13,18-19,24,26,29,32,34-47H2,1-5H3/b10-8+,16-14+,17-15+,22-20+,23-21+,27-25+,30-28+,33-31+/t48-/m1/s1. The number of ether oxygens (including phenoxy) is 2. The maximum Gasteiger partial charge on any atom is 0.306 e. The van der Waals surface area contributed by atoms with E-state index in [9.17, 15) is 19.0 Å². The van der Waals surface area contributed by atoms with E-state index in [0.717, 1.165) is 89.9 Å². The molecule has 342 valence electrons. The second-order valence-electron chi connectivity index (χ2n) is 16.0. The Balaban J connectivity index is 4.47. The van der Waals surface area contributed by atoms with Gasteiger partial charge >= 0.3 is 11.9 Å². The van der Waals surface area contributed by atoms with Crippen molar-refractivity contribution in [1.29, 1.82) is 0 Å². The van der Waals surface area contributed by atoms with Gasteiger partial charge in [-0.3, -0.25) is 14.2 Å². The molecule has 0 heterocycles. The molecule has 0 N–H and O–H groups in total. The molecule has 0 rings (SSSR count). The first-order valence-electron chi connectivity index (χ1n) is 22.9. The Morgan fingerprint density at radius 2 is 0.950 bits per heavy atom. The average molecular weight is 858 g/mol. The molecule has 9 nitrogen and oxygen atoms in total. The summed E-state index contributed by atoms with van der Waals surface area (Å²) >= 11 is 0. The first-order chi connectivity index (χ1) is 29.0. The van der Waals surface area contributed by atoms with E-state index in [1.165, 1.54) is 25.7 Å². The van der Waals surface area contributed by atoms with Crippen LogP contribution in [-0.2, 0) is 32.7 Å². The van der Waals surface area contributed by atoms with Crippen molar-refractivity contribution in [2.75, 3.05) is 47.5 Å². The number of phosphoric acid groups is 1. The minimum atomic E-state index is -4.65. The number of hydrogen-bond acceptors (Lipinski definition) is 8. The molecule has 0 aliphatic rings. The lowest BCUT2D eigenvalue weighted by molar-refractivity contribution is -0.870. The van der Waals surface area contributed by atoms with Crippen molar-refractivity contribution in [2.24, 2.45) is 0 Å². The number of quaternary nitrogens is 1. The van der Waals surface area contributed by atoms with Crippen LogP contribution in [0.1, 0.15) is 155 Å². The van der Waals surface area contributed by atoms with Crippen LogP contribution in [0.3, 0.4) is 0 Å². The highest BCUT2D eigenvalue weighted by molar-refractivity contribution is 7.45. The fraction of sp³-hybridized carbons (Fsp3) is 0.640. The summed E-state index contributed by atoms with van der Waals surface area (Å²) < 4.78 is 33.9. The molecule has 0 amide bonds. The molecule has 0 aromatic heterocycles. The minimum absolute atomic E-state index is 0.0473. The average Bonchev–Trinajstić information content (AvgIpc) is 3.20. The number of esters is 2. The largest absolute Gasteiger partial charge is 0.756 e. The first-order valence-corrected chi connectivity index (χ1v) is 24.4. The third-order valence-electron chi connectivity index (χ3n) is 9.09. The van der Waals surface area contributed by atoms with E-state index >= 15 is 0 Å². The fourth-order valence-corrected chi connectivity index (χ4v) is 6.24. The Morgan fingerprint density at radius 1 is 0.533 bits per heavy atom. The molecule has 0 fully saturated rings. The van der Waals surface area contributed by atoms with Crippen molar-refractivity contribution in [3.63, 3.8) is 0 Å². The van der Waals surface area contributed by atoms with E-state index in [1.54, 1.807) is 0 Å². The molecule has 1 unspecified atom stereocenters. The number of nitrogens with zero attached hydrogens (tertiary/aromatic N) is 1. The van der Waals surface area contributed by atoms with Gasteiger partial charge in [-0.05, 0) is 96.3 Å². The molecule has 0 saturated carbocycles. The molecular formula is C50H84NO8P. The second kappa shape index (κ2) is 41.3. The summed E-state index contributed by atoms with van der Waals surface area (Å²) in [5.41, 5.74) is 0. The van der Waals surface area contributed by atoms with E-state index in [4.69, 9.17) is 18.5 Å². The SMILES string of the molecule is CC/C=C/C/C=C/C/C=C/C/C=C/C/C=C/CCCCCC(=O)O[C@H](COC(=O)CCCCCC/C=C/C/C=C/C/C=C/CCCCC)COP(=O)([O-])OCC[N+](C)(C)C. The maximum absolute atomic E-state index is 12.7. The number of allylic oxidation sites excluding steroid dienone is 16. The van der Waals surface area contributed by atoms with Crippen LogP contribution in [0.15, 0.2) is 97.2 Å². The number of carbonyl (C=O) groups is 2. The molecule has 0 spiro atoms. The smallest absolute Gasteiger partial charge is 0.306 e. The van der Waals surface area contributed by atoms with Gasteiger partial charge in [-0.2, -0.15) is 0 Å². The van der Waals surface area contributed by atoms with Gasteiger partial charge in [0.2, 0.25) is 0 Å². The van der Waals surface area contributed by atoms with Crippen molar-refractivity contribution < 1.29 is 42.1 Å². The third-order valence-corrected chi connectivity index (χ3v) is 10.1. The second-order valence-corrected chi connectivity index (χ2v) is 17.4. The number of rotatable bonds is 40. The van der Waals surface area contributed by atoms with E-state index in [-0.39, 0.29) is 26.1 Å². The molecule has 0 aliphatic carbocycles. The van der Waals surface area contributed by atoms with Crippen LogP contribution < -0.4 is 4.89 Å². The third kappa shape index (κ3) is 44.5. The first kappa shape index (κ1) is 56.9. The zero-order valence-corrected chi connectivity index (χ0v) is 39.3. The van der Waals surface area contributed by atoms with E-state index in [1.807, 2.05) is 21.1 Å². The molecule has 0 radical (unpaired) electrons. The molecule has 0 bridgehead atoms. The summed E-state index contributed by atoms with van der Waals surface area (Å²) in [7, 11) is 1.11. The van der Waals surface area contributed by atoms with Gasteiger partial charge < -0.3 is 27.9 Å². The molecule has 0 aromatic rings. The monoisotopic (exact) mass is 858 g/mol. The number of carbonyl (C=O) groups excluding carboxylic acids is 2. The normalized spacial score (nSPS) is 14.4. The molecule has 0 aromatic carbocycles. The number of hydrogen-bond donors (Lipinski definition) is 0. The molecule has 2 atom stereocenters. The van der Waals surface area contributed by atoms with Gasteiger partial charge in [0.25, 0.3) is 7.82 Å². The van der Waals surface area contributed by atoms with E-state index in [0.29, 0.717) is 23.9 Å². The van der Waals surface area contributed by atoms with Gasteiger partial charge in [-0.15, -0.1) is 0 Å². The van der Waals surface area contributed by atoms with Crippen LogP contribution in [0.4, 0.5) is 0 Å². The minimum Gasteiger partial charge on any atom is -0.756 e. The predicted octanol–water partition coefficient (Wildman–Crippen LogP) is 12.7. The van der Waals surface area contributed by atoms with E-state index < -0.39 is 32.5 Å². The highest BCUT2D eigenvalue weighted by Gasteiger charge is 2.21. The zero-order chi connectivity index (χ0) is 44.3. The molecular weight excluding hydrogens is 774 g/mol. The lowest BCUT2D eigenvalue weighted by atomic mass is 10.1. The van der Waals surface area contributed by atoms with Gasteiger partial charge in [0.15, 0.2) is 6.10 Å². The van der Waals surface area contributed by atoms with Crippen molar-refractivity contribution in [3.8, 4) is 0 Å². The van der Waals surface area contributed by atoms with Crippen molar-refractivity contribution >= 4 is 19.8 Å². The summed E-state index contributed by atoms with van der Waals surface area (Å²) in [6.07, 6.45) is 54.3. The molecule has 0 aliphatic heterocycles. The lowest BCUT2D eigenvalue weighted by Gasteiger charge is -2.28. The maximum atomic E-state index is 12.7. The quantitative estimate of drug-likeness (QED) is 0.0197. The molecule has 60 heavy (non-hydrogen) atoms. The van der Waals surface area contributed by atoms with Crippen LogP contribution in [0.25, 0.3) is 0 Å². The highest BCUT2D eigenvalue weighted by Crippen LogP contribution is 2.38. The summed E-state index contributed by atoms with van der Waals surface area (Å²) in [5, 5.41) is 0. The Hall–Kier alpha value is -3.07. The van der Waals surface area contributed by atoms with Gasteiger partial charge in [0.1, 0.15) is 19.8 Å². The summed E-state index contributed by atoms with van der Waals surface area (Å²) in [6, 6.07) is 0. The fourth-order valence-electron chi connectivity index (χ4n) is 5.51. The highest BCUT2D eigenvalue weighted by atomic mass is 31.2. The van der Waals surface area contributed by atoms with Crippen molar-refractivity contribution in [1.82, 2.24) is 0 Å². The lowest BCUT2D eigenvalue weighted by Crippen LogP contribution is -2.37. The summed E-state index contributed by atoms with van der Waals surface area (Å²) in [4.78, 5) is 37.6. The van der Waals surface area contributed by atoms with E-state index in [2.05, 4.69) is 111 Å².